The molecule has 2 aliphatic rings. The van der Waals surface area contributed by atoms with Crippen LogP contribution < -0.4 is 10.2 Å². The molecule has 1 N–H and O–H groups in total. The first-order valence-electron chi connectivity index (χ1n) is 7.09. The van der Waals surface area contributed by atoms with Crippen molar-refractivity contribution in [2.45, 2.75) is 31.8 Å². The monoisotopic (exact) mass is 260 g/mol. The number of anilines is 2. The van der Waals surface area contributed by atoms with Gasteiger partial charge in [0.15, 0.2) is 0 Å². The van der Waals surface area contributed by atoms with Gasteiger partial charge in [0.05, 0.1) is 23.9 Å². The summed E-state index contributed by atoms with van der Waals surface area (Å²) in [5, 5.41) is 3.38. The van der Waals surface area contributed by atoms with E-state index in [1.807, 2.05) is 29.2 Å². The maximum absolute atomic E-state index is 12.5. The first-order chi connectivity index (χ1) is 9.34. The van der Waals surface area contributed by atoms with Gasteiger partial charge in [-0.25, -0.2) is 0 Å². The average Bonchev–Trinajstić information content (AvgIpc) is 2.83. The highest BCUT2D eigenvalue weighted by Crippen LogP contribution is 2.29. The minimum atomic E-state index is 0.121. The standard InChI is InChI=1S/C15H20N2O2/c18-15(11-12-5-3-10-19-12)17-9-4-8-16-13-6-1-2-7-14(13)17/h1-2,6-7,12,16H,3-5,8-11H2. The molecule has 4 heteroatoms. The third-order valence-electron chi connectivity index (χ3n) is 3.80. The van der Waals surface area contributed by atoms with Gasteiger partial charge in [0.25, 0.3) is 0 Å². The van der Waals surface area contributed by atoms with Crippen molar-refractivity contribution in [2.24, 2.45) is 0 Å². The largest absolute Gasteiger partial charge is 0.383 e. The minimum absolute atomic E-state index is 0.121. The molecule has 1 aromatic carbocycles. The first kappa shape index (κ1) is 12.5. The predicted molar refractivity (Wildman–Crippen MR) is 75.5 cm³/mol. The summed E-state index contributed by atoms with van der Waals surface area (Å²) in [7, 11) is 0. The molecule has 0 saturated carbocycles. The van der Waals surface area contributed by atoms with Crippen LogP contribution in [0.15, 0.2) is 24.3 Å². The number of rotatable bonds is 2. The van der Waals surface area contributed by atoms with E-state index < -0.39 is 0 Å². The molecule has 0 aromatic heterocycles. The number of carbonyl (C=O) groups excluding carboxylic acids is 1. The van der Waals surface area contributed by atoms with E-state index in [1.165, 1.54) is 0 Å². The Hall–Kier alpha value is -1.55. The number of carbonyl (C=O) groups is 1. The van der Waals surface area contributed by atoms with Gasteiger partial charge >= 0.3 is 0 Å². The number of fused-ring (bicyclic) bond motifs is 1. The number of hydrogen-bond acceptors (Lipinski definition) is 3. The smallest absolute Gasteiger partial charge is 0.229 e. The molecule has 2 aliphatic heterocycles. The van der Waals surface area contributed by atoms with Crippen molar-refractivity contribution >= 4 is 17.3 Å². The lowest BCUT2D eigenvalue weighted by molar-refractivity contribution is -0.120. The van der Waals surface area contributed by atoms with E-state index in [0.717, 1.165) is 50.3 Å². The van der Waals surface area contributed by atoms with Crippen molar-refractivity contribution in [3.8, 4) is 0 Å². The van der Waals surface area contributed by atoms with Crippen molar-refractivity contribution in [1.82, 2.24) is 0 Å². The summed E-state index contributed by atoms with van der Waals surface area (Å²) in [6.45, 7) is 2.51. The van der Waals surface area contributed by atoms with Gasteiger partial charge in [-0.3, -0.25) is 4.79 Å². The van der Waals surface area contributed by atoms with E-state index in [0.29, 0.717) is 6.42 Å². The van der Waals surface area contributed by atoms with E-state index in [4.69, 9.17) is 4.74 Å². The number of amides is 1. The average molecular weight is 260 g/mol. The van der Waals surface area contributed by atoms with Crippen LogP contribution >= 0.6 is 0 Å². The van der Waals surface area contributed by atoms with Crippen molar-refractivity contribution in [1.29, 1.82) is 0 Å². The molecule has 1 unspecified atom stereocenters. The molecule has 1 saturated heterocycles. The zero-order chi connectivity index (χ0) is 13.1. The fraction of sp³-hybridized carbons (Fsp3) is 0.533. The first-order valence-corrected chi connectivity index (χ1v) is 7.09. The number of nitrogens with one attached hydrogen (secondary N) is 1. The molecule has 0 radical (unpaired) electrons. The summed E-state index contributed by atoms with van der Waals surface area (Å²) in [5.74, 6) is 0.183. The number of nitrogens with zero attached hydrogens (tertiary/aromatic N) is 1. The number of ether oxygens (including phenoxy) is 1. The Morgan fingerprint density at radius 1 is 1.37 bits per heavy atom. The third kappa shape index (κ3) is 2.73. The predicted octanol–water partition coefficient (Wildman–Crippen LogP) is 2.40. The van der Waals surface area contributed by atoms with Gasteiger partial charge in [-0.1, -0.05) is 12.1 Å². The van der Waals surface area contributed by atoms with Crippen LogP contribution in [-0.4, -0.2) is 31.7 Å². The van der Waals surface area contributed by atoms with Gasteiger partial charge in [-0.15, -0.1) is 0 Å². The maximum Gasteiger partial charge on any atom is 0.229 e. The van der Waals surface area contributed by atoms with Gasteiger partial charge in [0.1, 0.15) is 0 Å². The third-order valence-corrected chi connectivity index (χ3v) is 3.80. The van der Waals surface area contributed by atoms with Gasteiger partial charge < -0.3 is 15.0 Å². The summed E-state index contributed by atoms with van der Waals surface area (Å²) in [4.78, 5) is 14.4. The normalized spacial score (nSPS) is 22.5. The van der Waals surface area contributed by atoms with E-state index in [1.54, 1.807) is 0 Å². The Bertz CT molecular complexity index is 455. The SMILES string of the molecule is O=C(CC1CCCO1)N1CCCNc2ccccc21. The van der Waals surface area contributed by atoms with Crippen LogP contribution in [0.3, 0.4) is 0 Å². The second kappa shape index (κ2) is 5.61. The highest BCUT2D eigenvalue weighted by Gasteiger charge is 2.25. The Balaban J connectivity index is 1.77. The molecule has 2 heterocycles. The van der Waals surface area contributed by atoms with Gasteiger partial charge in [0.2, 0.25) is 5.91 Å². The molecular weight excluding hydrogens is 240 g/mol. The zero-order valence-corrected chi connectivity index (χ0v) is 11.1. The highest BCUT2D eigenvalue weighted by atomic mass is 16.5. The second-order valence-electron chi connectivity index (χ2n) is 5.18. The molecule has 1 amide bonds. The summed E-state index contributed by atoms with van der Waals surface area (Å²) >= 11 is 0. The van der Waals surface area contributed by atoms with Gasteiger partial charge in [0, 0.05) is 19.7 Å². The summed E-state index contributed by atoms with van der Waals surface area (Å²) < 4.78 is 5.57. The molecule has 3 rings (SSSR count). The molecule has 0 aliphatic carbocycles. The fourth-order valence-electron chi connectivity index (χ4n) is 2.81. The summed E-state index contributed by atoms with van der Waals surface area (Å²) in [6.07, 6.45) is 3.70. The fourth-order valence-corrected chi connectivity index (χ4v) is 2.81. The van der Waals surface area contributed by atoms with Crippen LogP contribution in [0, 0.1) is 0 Å². The molecular formula is C15H20N2O2. The number of para-hydroxylation sites is 2. The van der Waals surface area contributed by atoms with E-state index in [-0.39, 0.29) is 12.0 Å². The molecule has 1 atom stereocenters. The minimum Gasteiger partial charge on any atom is -0.383 e. The van der Waals surface area contributed by atoms with Crippen molar-refractivity contribution < 1.29 is 9.53 Å². The van der Waals surface area contributed by atoms with Crippen LogP contribution in [0.4, 0.5) is 11.4 Å². The van der Waals surface area contributed by atoms with Crippen LogP contribution in [0.25, 0.3) is 0 Å². The molecule has 19 heavy (non-hydrogen) atoms. The van der Waals surface area contributed by atoms with Crippen molar-refractivity contribution in [3.05, 3.63) is 24.3 Å². The molecule has 102 valence electrons. The second-order valence-corrected chi connectivity index (χ2v) is 5.18. The summed E-state index contributed by atoms with van der Waals surface area (Å²) in [6, 6.07) is 8.03. The van der Waals surface area contributed by atoms with E-state index in [9.17, 15) is 4.79 Å². The van der Waals surface area contributed by atoms with Crippen molar-refractivity contribution in [2.75, 3.05) is 29.9 Å². The van der Waals surface area contributed by atoms with E-state index >= 15 is 0 Å². The van der Waals surface area contributed by atoms with Gasteiger partial charge in [-0.2, -0.15) is 0 Å². The van der Waals surface area contributed by atoms with Crippen LogP contribution in [0.1, 0.15) is 25.7 Å². The van der Waals surface area contributed by atoms with Crippen LogP contribution in [-0.2, 0) is 9.53 Å². The van der Waals surface area contributed by atoms with Crippen LogP contribution in [0.5, 0.6) is 0 Å². The van der Waals surface area contributed by atoms with E-state index in [2.05, 4.69) is 5.32 Å². The summed E-state index contributed by atoms with van der Waals surface area (Å²) in [5.41, 5.74) is 2.06. The molecule has 4 nitrogen and oxygen atoms in total. The molecule has 1 fully saturated rings. The Labute approximate surface area is 113 Å². The van der Waals surface area contributed by atoms with Gasteiger partial charge in [-0.05, 0) is 31.4 Å². The Morgan fingerprint density at radius 3 is 3.11 bits per heavy atom. The number of hydrogen-bond donors (Lipinski definition) is 1. The lowest BCUT2D eigenvalue weighted by Crippen LogP contribution is -2.33. The molecule has 0 spiro atoms. The van der Waals surface area contributed by atoms with Crippen molar-refractivity contribution in [3.63, 3.8) is 0 Å². The Kier molecular flexibility index (Phi) is 3.69. The molecule has 0 bridgehead atoms. The lowest BCUT2D eigenvalue weighted by atomic mass is 10.1. The zero-order valence-electron chi connectivity index (χ0n) is 11.1. The Morgan fingerprint density at radius 2 is 2.26 bits per heavy atom. The highest BCUT2D eigenvalue weighted by molar-refractivity contribution is 5.97. The quantitative estimate of drug-likeness (QED) is 0.887. The number of benzene rings is 1. The lowest BCUT2D eigenvalue weighted by Gasteiger charge is -2.23. The molecule has 1 aromatic rings. The topological polar surface area (TPSA) is 41.6 Å². The maximum atomic E-state index is 12.5. The van der Waals surface area contributed by atoms with Crippen LogP contribution in [0.2, 0.25) is 0 Å².